The highest BCUT2D eigenvalue weighted by atomic mass is 16.7. The summed E-state index contributed by atoms with van der Waals surface area (Å²) < 4.78 is 14.3. The second-order valence-corrected chi connectivity index (χ2v) is 2.93. The maximum atomic E-state index is 10.2. The second kappa shape index (κ2) is 8.88. The van der Waals surface area contributed by atoms with Crippen LogP contribution in [0.4, 0.5) is 0 Å². The van der Waals surface area contributed by atoms with Gasteiger partial charge in [-0.1, -0.05) is 12.1 Å². The fourth-order valence-corrected chi connectivity index (χ4v) is 0.811. The Kier molecular flexibility index (Phi) is 8.11. The van der Waals surface area contributed by atoms with E-state index in [0.717, 1.165) is 6.29 Å². The normalized spacial score (nSPS) is 9.31. The molecule has 4 heteroatoms. The van der Waals surface area contributed by atoms with Crippen LogP contribution < -0.4 is 4.74 Å². The van der Waals surface area contributed by atoms with E-state index < -0.39 is 0 Å². The molecule has 0 spiro atoms. The Labute approximate surface area is 96.1 Å². The number of aldehydes is 1. The van der Waals surface area contributed by atoms with Gasteiger partial charge in [0.25, 0.3) is 0 Å². The molecule has 0 aliphatic carbocycles. The summed E-state index contributed by atoms with van der Waals surface area (Å²) in [7, 11) is 4.78. The van der Waals surface area contributed by atoms with Gasteiger partial charge in [0.15, 0.2) is 6.29 Å². The van der Waals surface area contributed by atoms with Crippen molar-refractivity contribution in [3.05, 3.63) is 29.8 Å². The highest BCUT2D eigenvalue weighted by molar-refractivity contribution is 5.75. The number of benzene rings is 1. The van der Waals surface area contributed by atoms with Crippen molar-refractivity contribution in [1.82, 2.24) is 0 Å². The molecule has 0 amide bonds. The molecule has 0 unspecified atom stereocenters. The molecule has 1 rings (SSSR count). The van der Waals surface area contributed by atoms with Crippen LogP contribution in [0.2, 0.25) is 0 Å². The summed E-state index contributed by atoms with van der Waals surface area (Å²) in [5.41, 5.74) is 0.638. The molecule has 0 fully saturated rings. The zero-order valence-corrected chi connectivity index (χ0v) is 10.1. The van der Waals surface area contributed by atoms with E-state index in [1.807, 2.05) is 6.92 Å². The van der Waals surface area contributed by atoms with Gasteiger partial charge in [-0.25, -0.2) is 0 Å². The minimum absolute atomic E-state index is 0.0648. The summed E-state index contributed by atoms with van der Waals surface area (Å²) in [6.45, 7) is 1.83. The van der Waals surface area contributed by atoms with Gasteiger partial charge in [-0.05, 0) is 19.1 Å². The number of ether oxygens (including phenoxy) is 3. The Morgan fingerprint density at radius 2 is 1.81 bits per heavy atom. The van der Waals surface area contributed by atoms with Crippen molar-refractivity contribution in [3.63, 3.8) is 0 Å². The maximum absolute atomic E-state index is 10.2. The summed E-state index contributed by atoms with van der Waals surface area (Å²) in [4.78, 5) is 10.2. The van der Waals surface area contributed by atoms with Gasteiger partial charge < -0.3 is 14.2 Å². The molecule has 4 nitrogen and oxygen atoms in total. The number of hydrogen-bond donors (Lipinski definition) is 0. The lowest BCUT2D eigenvalue weighted by Gasteiger charge is -2.03. The predicted octanol–water partition coefficient (Wildman–Crippen LogP) is 2.13. The topological polar surface area (TPSA) is 44.8 Å². The Hall–Kier alpha value is -1.39. The largest absolute Gasteiger partial charge is 0.497 e. The number of carbonyl (C=O) groups is 1. The minimum atomic E-state index is -0.0648. The fraction of sp³-hybridized carbons (Fsp3) is 0.417. The first-order valence-corrected chi connectivity index (χ1v) is 4.82. The number of carbonyl (C=O) groups excluding carboxylic acids is 1. The van der Waals surface area contributed by atoms with Gasteiger partial charge in [0, 0.05) is 19.8 Å². The number of hydrogen-bond acceptors (Lipinski definition) is 4. The van der Waals surface area contributed by atoms with Crippen LogP contribution in [0.3, 0.4) is 0 Å². The average Bonchev–Trinajstić information content (AvgIpc) is 2.38. The van der Waals surface area contributed by atoms with Gasteiger partial charge in [0.2, 0.25) is 0 Å². The van der Waals surface area contributed by atoms with Crippen molar-refractivity contribution in [2.24, 2.45) is 0 Å². The fourth-order valence-electron chi connectivity index (χ4n) is 0.811. The van der Waals surface area contributed by atoms with E-state index in [1.54, 1.807) is 45.6 Å². The molecule has 90 valence electrons. The van der Waals surface area contributed by atoms with Crippen LogP contribution in [0.1, 0.15) is 17.3 Å². The van der Waals surface area contributed by atoms with Crippen LogP contribution in [-0.2, 0) is 9.47 Å². The number of methoxy groups -OCH3 is 3. The van der Waals surface area contributed by atoms with Crippen molar-refractivity contribution in [1.29, 1.82) is 0 Å². The van der Waals surface area contributed by atoms with E-state index in [4.69, 9.17) is 4.74 Å². The van der Waals surface area contributed by atoms with Crippen LogP contribution in [0.15, 0.2) is 24.3 Å². The first-order chi connectivity index (χ1) is 7.67. The first-order valence-electron chi connectivity index (χ1n) is 4.82. The van der Waals surface area contributed by atoms with Crippen molar-refractivity contribution >= 4 is 6.29 Å². The molecule has 16 heavy (non-hydrogen) atoms. The summed E-state index contributed by atoms with van der Waals surface area (Å²) in [5.74, 6) is 0.713. The molecule has 0 bridgehead atoms. The lowest BCUT2D eigenvalue weighted by molar-refractivity contribution is -0.0877. The third-order valence-electron chi connectivity index (χ3n) is 1.89. The van der Waals surface area contributed by atoms with Gasteiger partial charge >= 0.3 is 0 Å². The lowest BCUT2D eigenvalue weighted by Crippen LogP contribution is -2.05. The van der Waals surface area contributed by atoms with Crippen molar-refractivity contribution in [2.45, 2.75) is 13.2 Å². The molecule has 1 aromatic rings. The van der Waals surface area contributed by atoms with Gasteiger partial charge in [-0.3, -0.25) is 4.79 Å². The molecule has 0 saturated carbocycles. The molecule has 0 atom stereocenters. The highest BCUT2D eigenvalue weighted by Gasteiger charge is 1.91. The van der Waals surface area contributed by atoms with Crippen molar-refractivity contribution < 1.29 is 19.0 Å². The highest BCUT2D eigenvalue weighted by Crippen LogP contribution is 2.10. The standard InChI is InChI=1S/C8H8O2.C4H10O2/c1-10-8-4-2-3-7(5-8)6-9;1-4(5-2)6-3/h2-6H,1H3;4H,1-3H3. The lowest BCUT2D eigenvalue weighted by atomic mass is 10.2. The Morgan fingerprint density at radius 1 is 1.19 bits per heavy atom. The van der Waals surface area contributed by atoms with Crippen LogP contribution in [0.5, 0.6) is 5.75 Å². The monoisotopic (exact) mass is 226 g/mol. The molecular formula is C12H18O4. The molecule has 0 aliphatic rings. The van der Waals surface area contributed by atoms with Gasteiger partial charge in [-0.2, -0.15) is 0 Å². The molecule has 0 heterocycles. The SMILES string of the molecule is COC(C)OC.COc1cccc(C=O)c1. The Balaban J connectivity index is 0.000000325. The molecule has 0 saturated heterocycles. The van der Waals surface area contributed by atoms with E-state index in [9.17, 15) is 4.79 Å². The number of rotatable bonds is 4. The van der Waals surface area contributed by atoms with E-state index in [-0.39, 0.29) is 6.29 Å². The average molecular weight is 226 g/mol. The third-order valence-corrected chi connectivity index (χ3v) is 1.89. The van der Waals surface area contributed by atoms with Crippen LogP contribution in [-0.4, -0.2) is 33.9 Å². The smallest absolute Gasteiger partial charge is 0.154 e. The predicted molar refractivity (Wildman–Crippen MR) is 61.9 cm³/mol. The minimum Gasteiger partial charge on any atom is -0.497 e. The Bertz CT molecular complexity index is 295. The molecule has 1 aromatic carbocycles. The van der Waals surface area contributed by atoms with E-state index in [2.05, 4.69) is 9.47 Å². The van der Waals surface area contributed by atoms with Crippen LogP contribution in [0, 0.1) is 0 Å². The molecular weight excluding hydrogens is 208 g/mol. The summed E-state index contributed by atoms with van der Waals surface area (Å²) in [6, 6.07) is 7.00. The quantitative estimate of drug-likeness (QED) is 0.582. The molecule has 0 N–H and O–H groups in total. The first kappa shape index (κ1) is 14.6. The molecule has 0 aromatic heterocycles. The second-order valence-electron chi connectivity index (χ2n) is 2.93. The van der Waals surface area contributed by atoms with E-state index >= 15 is 0 Å². The van der Waals surface area contributed by atoms with Crippen molar-refractivity contribution in [2.75, 3.05) is 21.3 Å². The third kappa shape index (κ3) is 6.16. The van der Waals surface area contributed by atoms with Crippen LogP contribution in [0.25, 0.3) is 0 Å². The van der Waals surface area contributed by atoms with Crippen molar-refractivity contribution in [3.8, 4) is 5.75 Å². The summed E-state index contributed by atoms with van der Waals surface area (Å²) in [5, 5.41) is 0. The maximum Gasteiger partial charge on any atom is 0.154 e. The van der Waals surface area contributed by atoms with E-state index in [1.165, 1.54) is 0 Å². The van der Waals surface area contributed by atoms with Crippen LogP contribution >= 0.6 is 0 Å². The van der Waals surface area contributed by atoms with E-state index in [0.29, 0.717) is 11.3 Å². The van der Waals surface area contributed by atoms with Gasteiger partial charge in [-0.15, -0.1) is 0 Å². The van der Waals surface area contributed by atoms with Gasteiger partial charge in [0.05, 0.1) is 7.11 Å². The zero-order valence-electron chi connectivity index (χ0n) is 10.1. The Morgan fingerprint density at radius 3 is 2.19 bits per heavy atom. The zero-order chi connectivity index (χ0) is 12.4. The summed E-state index contributed by atoms with van der Waals surface area (Å²) in [6.07, 6.45) is 0.729. The molecule has 0 radical (unpaired) electrons. The summed E-state index contributed by atoms with van der Waals surface area (Å²) >= 11 is 0. The van der Waals surface area contributed by atoms with Gasteiger partial charge in [0.1, 0.15) is 12.0 Å². The molecule has 0 aliphatic heterocycles.